The predicted molar refractivity (Wildman–Crippen MR) is 81.1 cm³/mol. The summed E-state index contributed by atoms with van der Waals surface area (Å²) in [5, 5.41) is 0. The molecule has 2 N–H and O–H groups in total. The lowest BCUT2D eigenvalue weighted by Crippen LogP contribution is -2.43. The molecule has 1 aliphatic heterocycles. The van der Waals surface area contributed by atoms with Crippen molar-refractivity contribution >= 4 is 17.7 Å². The van der Waals surface area contributed by atoms with Crippen molar-refractivity contribution in [3.05, 3.63) is 0 Å². The molecule has 4 heteroatoms. The number of guanidine groups is 1. The van der Waals surface area contributed by atoms with Crippen LogP contribution in [0.5, 0.6) is 0 Å². The van der Waals surface area contributed by atoms with E-state index in [2.05, 4.69) is 23.7 Å². The molecule has 1 saturated heterocycles. The Kier molecular flexibility index (Phi) is 4.82. The quantitative estimate of drug-likeness (QED) is 0.619. The molecule has 3 nitrogen and oxygen atoms in total. The topological polar surface area (TPSA) is 41.6 Å². The highest BCUT2D eigenvalue weighted by atomic mass is 32.2. The second-order valence-electron chi connectivity index (χ2n) is 6.41. The molecular weight excluding hydrogens is 242 g/mol. The molecule has 0 unspecified atom stereocenters. The molecule has 18 heavy (non-hydrogen) atoms. The van der Waals surface area contributed by atoms with E-state index in [1.165, 1.54) is 37.2 Å². The normalized spacial score (nSPS) is 26.3. The van der Waals surface area contributed by atoms with Crippen LogP contribution in [0.2, 0.25) is 0 Å². The first-order valence-electron chi connectivity index (χ1n) is 7.19. The fourth-order valence-electron chi connectivity index (χ4n) is 2.76. The molecule has 0 aromatic carbocycles. The van der Waals surface area contributed by atoms with E-state index in [4.69, 9.17) is 5.73 Å². The standard InChI is InChI=1S/C14H27N3S/c1-14(2)5-3-12(4-6-14)11-16-13(15)17-7-9-18-10-8-17/h12H,3-11H2,1-2H3,(H2,15,16). The molecule has 1 heterocycles. The fraction of sp³-hybridized carbons (Fsp3) is 0.929. The fourth-order valence-corrected chi connectivity index (χ4v) is 3.66. The van der Waals surface area contributed by atoms with Gasteiger partial charge in [0.2, 0.25) is 0 Å². The third-order valence-electron chi connectivity index (χ3n) is 4.31. The van der Waals surface area contributed by atoms with Crippen molar-refractivity contribution in [3.8, 4) is 0 Å². The van der Waals surface area contributed by atoms with Gasteiger partial charge in [0.1, 0.15) is 0 Å². The van der Waals surface area contributed by atoms with Gasteiger partial charge in [-0.05, 0) is 37.0 Å². The average molecular weight is 269 g/mol. The van der Waals surface area contributed by atoms with Gasteiger partial charge in [0.15, 0.2) is 5.96 Å². The Morgan fingerprint density at radius 2 is 1.89 bits per heavy atom. The van der Waals surface area contributed by atoms with E-state index in [1.54, 1.807) is 0 Å². The number of hydrogen-bond acceptors (Lipinski definition) is 2. The zero-order valence-corrected chi connectivity index (χ0v) is 12.6. The molecule has 1 aliphatic carbocycles. The summed E-state index contributed by atoms with van der Waals surface area (Å²) in [4.78, 5) is 6.87. The number of rotatable bonds is 2. The monoisotopic (exact) mass is 269 g/mol. The van der Waals surface area contributed by atoms with Crippen LogP contribution in [0.25, 0.3) is 0 Å². The zero-order chi connectivity index (χ0) is 13.0. The summed E-state index contributed by atoms with van der Waals surface area (Å²) in [5.41, 5.74) is 6.64. The highest BCUT2D eigenvalue weighted by molar-refractivity contribution is 7.99. The highest BCUT2D eigenvalue weighted by Gasteiger charge is 2.26. The van der Waals surface area contributed by atoms with E-state index < -0.39 is 0 Å². The van der Waals surface area contributed by atoms with Crippen LogP contribution in [0.1, 0.15) is 39.5 Å². The molecule has 0 amide bonds. The van der Waals surface area contributed by atoms with Crippen LogP contribution in [0.3, 0.4) is 0 Å². The third-order valence-corrected chi connectivity index (χ3v) is 5.25. The molecule has 0 spiro atoms. The van der Waals surface area contributed by atoms with Crippen LogP contribution in [-0.2, 0) is 0 Å². The lowest BCUT2D eigenvalue weighted by atomic mass is 9.73. The van der Waals surface area contributed by atoms with Crippen LogP contribution in [0.4, 0.5) is 0 Å². The minimum Gasteiger partial charge on any atom is -0.370 e. The minimum absolute atomic E-state index is 0.551. The first-order valence-corrected chi connectivity index (χ1v) is 8.35. The van der Waals surface area contributed by atoms with Gasteiger partial charge in [0.05, 0.1) is 0 Å². The summed E-state index contributed by atoms with van der Waals surface area (Å²) >= 11 is 2.01. The third kappa shape index (κ3) is 4.08. The Labute approximate surface area is 116 Å². The molecule has 0 radical (unpaired) electrons. The number of thioether (sulfide) groups is 1. The molecule has 2 rings (SSSR count). The molecular formula is C14H27N3S. The van der Waals surface area contributed by atoms with Crippen LogP contribution >= 0.6 is 11.8 Å². The molecule has 1 saturated carbocycles. The Morgan fingerprint density at radius 3 is 2.50 bits per heavy atom. The maximum atomic E-state index is 6.09. The van der Waals surface area contributed by atoms with Crippen molar-refractivity contribution < 1.29 is 0 Å². The molecule has 0 bridgehead atoms. The van der Waals surface area contributed by atoms with Crippen molar-refractivity contribution in [3.63, 3.8) is 0 Å². The van der Waals surface area contributed by atoms with Crippen LogP contribution in [0.15, 0.2) is 4.99 Å². The lowest BCUT2D eigenvalue weighted by molar-refractivity contribution is 0.195. The first-order chi connectivity index (χ1) is 8.57. The van der Waals surface area contributed by atoms with E-state index in [0.717, 1.165) is 31.5 Å². The number of aliphatic imine (C=N–C) groups is 1. The van der Waals surface area contributed by atoms with E-state index in [9.17, 15) is 0 Å². The first kappa shape index (κ1) is 14.0. The second-order valence-corrected chi connectivity index (χ2v) is 7.63. The predicted octanol–water partition coefficient (Wildman–Crippen LogP) is 2.57. The van der Waals surface area contributed by atoms with Crippen LogP contribution < -0.4 is 5.73 Å². The number of nitrogens with two attached hydrogens (primary N) is 1. The summed E-state index contributed by atoms with van der Waals surface area (Å²) in [5.74, 6) is 3.91. The Balaban J connectivity index is 1.76. The Morgan fingerprint density at radius 1 is 1.28 bits per heavy atom. The van der Waals surface area contributed by atoms with Gasteiger partial charge < -0.3 is 10.6 Å². The van der Waals surface area contributed by atoms with Crippen molar-refractivity contribution in [1.29, 1.82) is 0 Å². The molecule has 2 fully saturated rings. The summed E-state index contributed by atoms with van der Waals surface area (Å²) in [6.07, 6.45) is 5.32. The average Bonchev–Trinajstić information content (AvgIpc) is 2.38. The summed E-state index contributed by atoms with van der Waals surface area (Å²) < 4.78 is 0. The van der Waals surface area contributed by atoms with Crippen molar-refractivity contribution in [1.82, 2.24) is 4.90 Å². The van der Waals surface area contributed by atoms with Gasteiger partial charge in [-0.1, -0.05) is 13.8 Å². The van der Waals surface area contributed by atoms with Gasteiger partial charge in [-0.25, -0.2) is 0 Å². The van der Waals surface area contributed by atoms with Crippen molar-refractivity contribution in [2.24, 2.45) is 22.1 Å². The minimum atomic E-state index is 0.551. The molecule has 0 aromatic heterocycles. The van der Waals surface area contributed by atoms with E-state index >= 15 is 0 Å². The summed E-state index contributed by atoms with van der Waals surface area (Å²) in [7, 11) is 0. The molecule has 0 aromatic rings. The SMILES string of the molecule is CC1(C)CCC(CN=C(N)N2CCSCC2)CC1. The van der Waals surface area contributed by atoms with Gasteiger partial charge in [-0.3, -0.25) is 4.99 Å². The van der Waals surface area contributed by atoms with Gasteiger partial charge in [-0.2, -0.15) is 11.8 Å². The van der Waals surface area contributed by atoms with Gasteiger partial charge in [-0.15, -0.1) is 0 Å². The largest absolute Gasteiger partial charge is 0.370 e. The summed E-state index contributed by atoms with van der Waals surface area (Å²) in [6, 6.07) is 0. The number of hydrogen-bond donors (Lipinski definition) is 1. The Bertz CT molecular complexity index is 285. The van der Waals surface area contributed by atoms with Crippen LogP contribution in [0, 0.1) is 11.3 Å². The van der Waals surface area contributed by atoms with Crippen molar-refractivity contribution in [2.75, 3.05) is 31.1 Å². The van der Waals surface area contributed by atoms with E-state index in [1.807, 2.05) is 11.8 Å². The Hall–Kier alpha value is -0.380. The lowest BCUT2D eigenvalue weighted by Gasteiger charge is -2.34. The summed E-state index contributed by atoms with van der Waals surface area (Å²) in [6.45, 7) is 7.83. The smallest absolute Gasteiger partial charge is 0.191 e. The zero-order valence-electron chi connectivity index (χ0n) is 11.8. The van der Waals surface area contributed by atoms with E-state index in [-0.39, 0.29) is 0 Å². The maximum Gasteiger partial charge on any atom is 0.191 e. The maximum absolute atomic E-state index is 6.09. The number of nitrogens with zero attached hydrogens (tertiary/aromatic N) is 2. The van der Waals surface area contributed by atoms with Gasteiger partial charge in [0, 0.05) is 31.1 Å². The van der Waals surface area contributed by atoms with Crippen molar-refractivity contribution in [2.45, 2.75) is 39.5 Å². The second kappa shape index (κ2) is 6.18. The van der Waals surface area contributed by atoms with Gasteiger partial charge in [0.25, 0.3) is 0 Å². The van der Waals surface area contributed by atoms with Crippen LogP contribution in [-0.4, -0.2) is 42.0 Å². The van der Waals surface area contributed by atoms with Gasteiger partial charge >= 0.3 is 0 Å². The molecule has 0 atom stereocenters. The highest BCUT2D eigenvalue weighted by Crippen LogP contribution is 2.37. The molecule has 104 valence electrons. The molecule has 2 aliphatic rings. The van der Waals surface area contributed by atoms with E-state index in [0.29, 0.717) is 5.41 Å².